The van der Waals surface area contributed by atoms with Crippen LogP contribution >= 0.6 is 0 Å². The number of esters is 2. The predicted molar refractivity (Wildman–Crippen MR) is 117 cm³/mol. The van der Waals surface area contributed by atoms with Crippen LogP contribution in [-0.2, 0) is 19.1 Å². The van der Waals surface area contributed by atoms with Crippen molar-refractivity contribution in [2.75, 3.05) is 7.05 Å². The molecule has 1 aromatic rings. The van der Waals surface area contributed by atoms with Crippen LogP contribution in [0, 0.1) is 5.92 Å². The second-order valence-electron chi connectivity index (χ2n) is 9.76. The molecular weight excluding hydrogens is 378 g/mol. The Hall–Kier alpha value is -1.88. The van der Waals surface area contributed by atoms with Gasteiger partial charge in [-0.3, -0.25) is 9.69 Å². The number of likely N-dealkylation sites (tertiary alicyclic amines) is 1. The molecule has 0 radical (unpaired) electrons. The van der Waals surface area contributed by atoms with Crippen molar-refractivity contribution in [2.24, 2.45) is 5.92 Å². The molecule has 0 bridgehead atoms. The van der Waals surface area contributed by atoms with Gasteiger partial charge >= 0.3 is 11.9 Å². The van der Waals surface area contributed by atoms with Gasteiger partial charge in [-0.2, -0.15) is 0 Å². The number of rotatable bonds is 6. The molecule has 30 heavy (non-hydrogen) atoms. The molecule has 1 aliphatic carbocycles. The van der Waals surface area contributed by atoms with E-state index in [0.717, 1.165) is 25.7 Å². The molecule has 0 amide bonds. The zero-order valence-electron chi connectivity index (χ0n) is 18.9. The van der Waals surface area contributed by atoms with Crippen molar-refractivity contribution >= 4 is 11.9 Å². The Morgan fingerprint density at radius 3 is 2.43 bits per heavy atom. The predicted octanol–water partition coefficient (Wildman–Crippen LogP) is 5.05. The highest BCUT2D eigenvalue weighted by molar-refractivity contribution is 5.81. The molecule has 1 heterocycles. The molecule has 166 valence electrons. The van der Waals surface area contributed by atoms with E-state index in [1.165, 1.54) is 19.3 Å². The Balaban J connectivity index is 1.67. The van der Waals surface area contributed by atoms with Gasteiger partial charge < -0.3 is 9.47 Å². The van der Waals surface area contributed by atoms with E-state index in [4.69, 9.17) is 9.47 Å². The van der Waals surface area contributed by atoms with Crippen LogP contribution in [0.4, 0.5) is 0 Å². The zero-order valence-corrected chi connectivity index (χ0v) is 18.9. The molecule has 1 saturated carbocycles. The maximum absolute atomic E-state index is 13.1. The van der Waals surface area contributed by atoms with Crippen LogP contribution in [0.3, 0.4) is 0 Å². The van der Waals surface area contributed by atoms with Crippen LogP contribution in [0.25, 0.3) is 0 Å². The molecule has 3 rings (SSSR count). The molecule has 3 atom stereocenters. The summed E-state index contributed by atoms with van der Waals surface area (Å²) in [6.45, 7) is 6.49. The standard InChI is InChI=1S/C25H37NO4/c1-18-15-21(17-25(2,3)26(18)4)29-24(28)23(20-13-9-6-10-14-20)30-22(27)16-19-11-7-5-8-12-19/h6,9-10,13-14,18-19,21,23H,5,7-8,11-12,15-17H2,1-4H3. The fourth-order valence-corrected chi connectivity index (χ4v) is 4.92. The van der Waals surface area contributed by atoms with E-state index in [9.17, 15) is 9.59 Å². The van der Waals surface area contributed by atoms with E-state index in [2.05, 4.69) is 32.7 Å². The van der Waals surface area contributed by atoms with Crippen molar-refractivity contribution in [3.63, 3.8) is 0 Å². The number of carbonyl (C=O) groups excluding carboxylic acids is 2. The Morgan fingerprint density at radius 2 is 1.80 bits per heavy atom. The summed E-state index contributed by atoms with van der Waals surface area (Å²) in [5.41, 5.74) is 0.613. The summed E-state index contributed by atoms with van der Waals surface area (Å²) >= 11 is 0. The summed E-state index contributed by atoms with van der Waals surface area (Å²) in [6, 6.07) is 9.55. The van der Waals surface area contributed by atoms with Crippen molar-refractivity contribution in [1.82, 2.24) is 4.90 Å². The number of hydrogen-bond donors (Lipinski definition) is 0. The first kappa shape index (κ1) is 22.8. The fourth-order valence-electron chi connectivity index (χ4n) is 4.92. The van der Waals surface area contributed by atoms with Gasteiger partial charge in [-0.05, 0) is 53.0 Å². The minimum absolute atomic E-state index is 0.0531. The van der Waals surface area contributed by atoms with Gasteiger partial charge in [0.1, 0.15) is 6.10 Å². The molecule has 1 aromatic carbocycles. The second kappa shape index (κ2) is 9.95. The van der Waals surface area contributed by atoms with Gasteiger partial charge in [-0.15, -0.1) is 0 Å². The summed E-state index contributed by atoms with van der Waals surface area (Å²) in [4.78, 5) is 28.1. The topological polar surface area (TPSA) is 55.8 Å². The Morgan fingerprint density at radius 1 is 1.13 bits per heavy atom. The smallest absolute Gasteiger partial charge is 0.352 e. The van der Waals surface area contributed by atoms with Crippen LogP contribution < -0.4 is 0 Å². The minimum Gasteiger partial charge on any atom is -0.459 e. The number of carbonyl (C=O) groups is 2. The van der Waals surface area contributed by atoms with Crippen LogP contribution in [-0.4, -0.2) is 41.6 Å². The third-order valence-corrected chi connectivity index (χ3v) is 6.98. The molecule has 2 fully saturated rings. The van der Waals surface area contributed by atoms with E-state index in [0.29, 0.717) is 23.9 Å². The number of nitrogens with zero attached hydrogens (tertiary/aromatic N) is 1. The molecule has 1 saturated heterocycles. The maximum atomic E-state index is 13.1. The Bertz CT molecular complexity index is 711. The Labute approximate surface area is 181 Å². The first-order chi connectivity index (χ1) is 14.3. The lowest BCUT2D eigenvalue weighted by molar-refractivity contribution is -0.176. The van der Waals surface area contributed by atoms with Crippen LogP contribution in [0.1, 0.15) is 83.8 Å². The highest BCUT2D eigenvalue weighted by atomic mass is 16.6. The average Bonchev–Trinajstić information content (AvgIpc) is 2.71. The average molecular weight is 416 g/mol. The molecule has 1 aliphatic heterocycles. The molecule has 0 aromatic heterocycles. The summed E-state index contributed by atoms with van der Waals surface area (Å²) in [7, 11) is 2.11. The number of hydrogen-bond acceptors (Lipinski definition) is 5. The van der Waals surface area contributed by atoms with Crippen molar-refractivity contribution in [3.8, 4) is 0 Å². The van der Waals surface area contributed by atoms with Gasteiger partial charge in [0, 0.05) is 30.0 Å². The van der Waals surface area contributed by atoms with Crippen LogP contribution in [0.2, 0.25) is 0 Å². The van der Waals surface area contributed by atoms with Gasteiger partial charge in [0.15, 0.2) is 0 Å². The molecule has 3 unspecified atom stereocenters. The lowest BCUT2D eigenvalue weighted by Gasteiger charge is -2.47. The largest absolute Gasteiger partial charge is 0.459 e. The van der Waals surface area contributed by atoms with Crippen LogP contribution in [0.15, 0.2) is 30.3 Å². The SMILES string of the molecule is CC1CC(OC(=O)C(OC(=O)CC2CCCCC2)c2ccccc2)CC(C)(C)N1C. The molecule has 5 heteroatoms. The summed E-state index contributed by atoms with van der Waals surface area (Å²) < 4.78 is 11.6. The summed E-state index contributed by atoms with van der Waals surface area (Å²) in [5, 5.41) is 0. The normalized spacial score (nSPS) is 26.0. The van der Waals surface area contributed by atoms with Crippen molar-refractivity contribution in [1.29, 1.82) is 0 Å². The lowest BCUT2D eigenvalue weighted by Crippen LogP contribution is -2.54. The first-order valence-electron chi connectivity index (χ1n) is 11.4. The first-order valence-corrected chi connectivity index (χ1v) is 11.4. The summed E-state index contributed by atoms with van der Waals surface area (Å²) in [5.74, 6) is -0.394. The van der Waals surface area contributed by atoms with E-state index in [1.54, 1.807) is 0 Å². The number of piperidine rings is 1. The van der Waals surface area contributed by atoms with Gasteiger partial charge in [0.2, 0.25) is 6.10 Å². The third-order valence-electron chi connectivity index (χ3n) is 6.98. The molecule has 2 aliphatic rings. The Kier molecular flexibility index (Phi) is 7.56. The molecular formula is C25H37NO4. The molecule has 0 N–H and O–H groups in total. The van der Waals surface area contributed by atoms with Crippen molar-refractivity contribution in [2.45, 2.75) is 95.9 Å². The maximum Gasteiger partial charge on any atom is 0.352 e. The number of benzene rings is 1. The lowest BCUT2D eigenvalue weighted by atomic mass is 9.85. The fraction of sp³-hybridized carbons (Fsp3) is 0.680. The van der Waals surface area contributed by atoms with E-state index in [1.807, 2.05) is 30.3 Å². The van der Waals surface area contributed by atoms with E-state index < -0.39 is 12.1 Å². The van der Waals surface area contributed by atoms with Gasteiger partial charge in [0.05, 0.1) is 0 Å². The van der Waals surface area contributed by atoms with E-state index >= 15 is 0 Å². The highest BCUT2D eigenvalue weighted by Gasteiger charge is 2.39. The highest BCUT2D eigenvalue weighted by Crippen LogP contribution is 2.33. The van der Waals surface area contributed by atoms with Crippen LogP contribution in [0.5, 0.6) is 0 Å². The molecule has 5 nitrogen and oxygen atoms in total. The third kappa shape index (κ3) is 5.84. The quantitative estimate of drug-likeness (QED) is 0.609. The van der Waals surface area contributed by atoms with Gasteiger partial charge in [0.25, 0.3) is 0 Å². The van der Waals surface area contributed by atoms with E-state index in [-0.39, 0.29) is 17.6 Å². The minimum atomic E-state index is -1.000. The summed E-state index contributed by atoms with van der Waals surface area (Å²) in [6.07, 6.45) is 6.47. The van der Waals surface area contributed by atoms with Gasteiger partial charge in [-0.25, -0.2) is 4.79 Å². The zero-order chi connectivity index (χ0) is 21.7. The number of ether oxygens (including phenoxy) is 2. The van der Waals surface area contributed by atoms with Crippen molar-refractivity contribution in [3.05, 3.63) is 35.9 Å². The molecule has 0 spiro atoms. The van der Waals surface area contributed by atoms with Crippen molar-refractivity contribution < 1.29 is 19.1 Å². The van der Waals surface area contributed by atoms with Gasteiger partial charge in [-0.1, -0.05) is 49.6 Å². The monoisotopic (exact) mass is 415 g/mol. The second-order valence-corrected chi connectivity index (χ2v) is 9.76.